The molecular weight excluding hydrogens is 363 g/mol. The molecule has 0 bridgehead atoms. The molecule has 1 heterocycles. The summed E-state index contributed by atoms with van der Waals surface area (Å²) >= 11 is 0. The predicted molar refractivity (Wildman–Crippen MR) is 94.0 cm³/mol. The van der Waals surface area contributed by atoms with Gasteiger partial charge >= 0.3 is 6.18 Å². The normalized spacial score (nSPS) is 13.3. The number of aromatic nitrogens is 1. The van der Waals surface area contributed by atoms with Crippen molar-refractivity contribution >= 4 is 12.0 Å². The van der Waals surface area contributed by atoms with E-state index < -0.39 is 18.7 Å². The first kappa shape index (κ1) is 22.7. The highest BCUT2D eigenvalue weighted by atomic mass is 19.4. The monoisotopic (exact) mass is 387 g/mol. The molecule has 0 saturated heterocycles. The van der Waals surface area contributed by atoms with Gasteiger partial charge in [0.2, 0.25) is 0 Å². The molecule has 0 radical (unpaired) electrons. The highest BCUT2D eigenvalue weighted by Crippen LogP contribution is 2.22. The topological polar surface area (TPSA) is 76.3 Å². The number of halogens is 3. The zero-order chi connectivity index (χ0) is 20.6. The number of nitrogens with one attached hydrogen (secondary N) is 1. The van der Waals surface area contributed by atoms with Crippen molar-refractivity contribution in [2.75, 3.05) is 33.5 Å². The van der Waals surface area contributed by atoms with Crippen LogP contribution in [0.5, 0.6) is 0 Å². The molecule has 0 aromatic carbocycles. The van der Waals surface area contributed by atoms with E-state index in [1.807, 2.05) is 37.5 Å². The number of carbonyl (C=O) groups excluding carboxylic acids is 1. The highest BCUT2D eigenvalue weighted by molar-refractivity contribution is 6.01. The second kappa shape index (κ2) is 10.1. The van der Waals surface area contributed by atoms with Crippen molar-refractivity contribution in [2.45, 2.75) is 33.0 Å². The molecule has 1 N–H and O–H groups in total. The van der Waals surface area contributed by atoms with Crippen molar-refractivity contribution in [2.24, 2.45) is 0 Å². The van der Waals surface area contributed by atoms with Gasteiger partial charge < -0.3 is 19.4 Å². The van der Waals surface area contributed by atoms with Gasteiger partial charge in [0.05, 0.1) is 19.3 Å². The van der Waals surface area contributed by atoms with Crippen molar-refractivity contribution < 1.29 is 27.4 Å². The van der Waals surface area contributed by atoms with E-state index in [0.717, 1.165) is 17.0 Å². The molecule has 1 atom stereocenters. The summed E-state index contributed by atoms with van der Waals surface area (Å²) < 4.78 is 47.5. The standard InChI is InChI=1S/C18H24F3N3O3/c1-12-7-15(14(3)24(12)13(2)10-26-4)8-16(9-22)17(25)23-5-6-27-11-18(19,20)21/h7-8,13H,5-6,10-11H2,1-4H3,(H,23,25)/b16-8+. The third kappa shape index (κ3) is 7.07. The number of hydrogen-bond acceptors (Lipinski definition) is 4. The van der Waals surface area contributed by atoms with E-state index in [-0.39, 0.29) is 24.8 Å². The number of nitrogens with zero attached hydrogens (tertiary/aromatic N) is 2. The molecule has 150 valence electrons. The average molecular weight is 387 g/mol. The lowest BCUT2D eigenvalue weighted by molar-refractivity contribution is -0.173. The lowest BCUT2D eigenvalue weighted by Gasteiger charge is -2.17. The van der Waals surface area contributed by atoms with Gasteiger partial charge in [0.1, 0.15) is 18.2 Å². The van der Waals surface area contributed by atoms with Gasteiger partial charge in [0.15, 0.2) is 0 Å². The zero-order valence-electron chi connectivity index (χ0n) is 15.8. The Morgan fingerprint density at radius 2 is 2.11 bits per heavy atom. The van der Waals surface area contributed by atoms with E-state index in [4.69, 9.17) is 4.74 Å². The van der Waals surface area contributed by atoms with Crippen LogP contribution in [0, 0.1) is 25.2 Å². The Bertz CT molecular complexity index is 718. The van der Waals surface area contributed by atoms with Crippen LogP contribution in [0.25, 0.3) is 6.08 Å². The van der Waals surface area contributed by atoms with Gasteiger partial charge in [-0.2, -0.15) is 18.4 Å². The smallest absolute Gasteiger partial charge is 0.383 e. The minimum Gasteiger partial charge on any atom is -0.383 e. The summed E-state index contributed by atoms with van der Waals surface area (Å²) in [6.07, 6.45) is -2.95. The third-order valence-corrected chi connectivity index (χ3v) is 3.83. The fraction of sp³-hybridized carbons (Fsp3) is 0.556. The number of rotatable bonds is 9. The maximum Gasteiger partial charge on any atom is 0.411 e. The minimum absolute atomic E-state index is 0.0855. The molecule has 9 heteroatoms. The summed E-state index contributed by atoms with van der Waals surface area (Å²) in [6, 6.07) is 3.77. The number of hydrogen-bond donors (Lipinski definition) is 1. The van der Waals surface area contributed by atoms with Crippen LogP contribution < -0.4 is 5.32 Å². The van der Waals surface area contributed by atoms with Crippen LogP contribution in [0.1, 0.15) is 29.9 Å². The second-order valence-corrected chi connectivity index (χ2v) is 6.09. The summed E-state index contributed by atoms with van der Waals surface area (Å²) in [6.45, 7) is 4.50. The zero-order valence-corrected chi connectivity index (χ0v) is 15.8. The average Bonchev–Trinajstić information content (AvgIpc) is 2.84. The second-order valence-electron chi connectivity index (χ2n) is 6.09. The Kier molecular flexibility index (Phi) is 8.53. The van der Waals surface area contributed by atoms with Crippen molar-refractivity contribution in [1.29, 1.82) is 5.26 Å². The molecule has 1 amide bonds. The molecule has 6 nitrogen and oxygen atoms in total. The molecule has 1 unspecified atom stereocenters. The maximum absolute atomic E-state index is 12.1. The van der Waals surface area contributed by atoms with E-state index >= 15 is 0 Å². The lowest BCUT2D eigenvalue weighted by atomic mass is 10.1. The largest absolute Gasteiger partial charge is 0.411 e. The van der Waals surface area contributed by atoms with Crippen molar-refractivity contribution in [3.05, 3.63) is 28.6 Å². The van der Waals surface area contributed by atoms with Crippen LogP contribution >= 0.6 is 0 Å². The number of amides is 1. The van der Waals surface area contributed by atoms with Gasteiger partial charge in [0.25, 0.3) is 5.91 Å². The number of aryl methyl sites for hydroxylation is 1. The van der Waals surface area contributed by atoms with Crippen LogP contribution in [-0.4, -0.2) is 50.1 Å². The SMILES string of the molecule is COCC(C)n1c(C)cc(/C=C(\C#N)C(=O)NCCOCC(F)(F)F)c1C. The summed E-state index contributed by atoms with van der Waals surface area (Å²) in [7, 11) is 1.61. The van der Waals surface area contributed by atoms with Crippen LogP contribution in [0.15, 0.2) is 11.6 Å². The summed E-state index contributed by atoms with van der Waals surface area (Å²) in [5.74, 6) is -0.664. The summed E-state index contributed by atoms with van der Waals surface area (Å²) in [4.78, 5) is 12.1. The Hall–Kier alpha value is -2.31. The molecule has 27 heavy (non-hydrogen) atoms. The number of methoxy groups -OCH3 is 1. The van der Waals surface area contributed by atoms with Gasteiger partial charge in [-0.05, 0) is 38.5 Å². The molecule has 0 spiro atoms. The van der Waals surface area contributed by atoms with Gasteiger partial charge in [-0.15, -0.1) is 0 Å². The molecule has 1 rings (SSSR count). The van der Waals surface area contributed by atoms with E-state index in [0.29, 0.717) is 6.61 Å². The molecule has 0 saturated carbocycles. The first-order chi connectivity index (χ1) is 12.6. The fourth-order valence-electron chi connectivity index (χ4n) is 2.77. The number of alkyl halides is 3. The van der Waals surface area contributed by atoms with Crippen LogP contribution in [0.3, 0.4) is 0 Å². The molecule has 0 aliphatic carbocycles. The van der Waals surface area contributed by atoms with E-state index in [1.165, 1.54) is 6.08 Å². The van der Waals surface area contributed by atoms with Gasteiger partial charge in [-0.3, -0.25) is 4.79 Å². The molecular formula is C18H24F3N3O3. The summed E-state index contributed by atoms with van der Waals surface area (Å²) in [5.41, 5.74) is 2.42. The molecule has 1 aromatic rings. The highest BCUT2D eigenvalue weighted by Gasteiger charge is 2.27. The maximum atomic E-state index is 12.1. The van der Waals surface area contributed by atoms with Crippen molar-refractivity contribution in [3.63, 3.8) is 0 Å². The van der Waals surface area contributed by atoms with E-state index in [2.05, 4.69) is 10.1 Å². The van der Waals surface area contributed by atoms with Crippen LogP contribution in [0.2, 0.25) is 0 Å². The first-order valence-corrected chi connectivity index (χ1v) is 8.32. The van der Waals surface area contributed by atoms with Gasteiger partial charge in [-0.1, -0.05) is 0 Å². The Balaban J connectivity index is 2.78. The van der Waals surface area contributed by atoms with Gasteiger partial charge in [0, 0.05) is 25.0 Å². The summed E-state index contributed by atoms with van der Waals surface area (Å²) in [5, 5.41) is 11.6. The minimum atomic E-state index is -4.41. The molecule has 0 fully saturated rings. The van der Waals surface area contributed by atoms with Gasteiger partial charge in [-0.25, -0.2) is 0 Å². The Morgan fingerprint density at radius 3 is 2.67 bits per heavy atom. The van der Waals surface area contributed by atoms with E-state index in [1.54, 1.807) is 7.11 Å². The number of ether oxygens (including phenoxy) is 2. The first-order valence-electron chi connectivity index (χ1n) is 8.32. The molecule has 0 aliphatic rings. The molecule has 0 aliphatic heterocycles. The van der Waals surface area contributed by atoms with Crippen LogP contribution in [-0.2, 0) is 14.3 Å². The quantitative estimate of drug-likeness (QED) is 0.402. The number of carbonyl (C=O) groups is 1. The van der Waals surface area contributed by atoms with Crippen molar-refractivity contribution in [1.82, 2.24) is 9.88 Å². The Labute approximate surface area is 156 Å². The number of nitriles is 1. The van der Waals surface area contributed by atoms with Crippen LogP contribution in [0.4, 0.5) is 13.2 Å². The Morgan fingerprint density at radius 1 is 1.44 bits per heavy atom. The van der Waals surface area contributed by atoms with Crippen molar-refractivity contribution in [3.8, 4) is 6.07 Å². The lowest BCUT2D eigenvalue weighted by Crippen LogP contribution is -2.29. The molecule has 1 aromatic heterocycles. The predicted octanol–water partition coefficient (Wildman–Crippen LogP) is 2.91. The third-order valence-electron chi connectivity index (χ3n) is 3.83. The fourth-order valence-corrected chi connectivity index (χ4v) is 2.77. The van der Waals surface area contributed by atoms with E-state index in [9.17, 15) is 23.2 Å².